The average Bonchev–Trinajstić information content (AvgIpc) is 3.00. The van der Waals surface area contributed by atoms with Crippen molar-refractivity contribution in [1.29, 1.82) is 0 Å². The van der Waals surface area contributed by atoms with Crippen molar-refractivity contribution in [3.8, 4) is 0 Å². The van der Waals surface area contributed by atoms with Gasteiger partial charge in [-0.3, -0.25) is 24.1 Å². The zero-order chi connectivity index (χ0) is 32.9. The summed E-state index contributed by atoms with van der Waals surface area (Å²) >= 11 is 12.1. The van der Waals surface area contributed by atoms with Gasteiger partial charge in [-0.1, -0.05) is 35.3 Å². The van der Waals surface area contributed by atoms with Gasteiger partial charge in [0.1, 0.15) is 24.2 Å². The summed E-state index contributed by atoms with van der Waals surface area (Å²) in [6.45, 7) is 7.93. The molecule has 0 saturated carbocycles. The molecule has 1 heterocycles. The number of fused-ring (bicyclic) bond motifs is 1. The van der Waals surface area contributed by atoms with Crippen LogP contribution in [0.2, 0.25) is 10.0 Å². The van der Waals surface area contributed by atoms with E-state index in [1.165, 1.54) is 17.0 Å². The largest absolute Gasteiger partial charge is 0.460 e. The Hall–Kier alpha value is -3.67. The minimum Gasteiger partial charge on any atom is -0.460 e. The van der Waals surface area contributed by atoms with Gasteiger partial charge in [-0.05, 0) is 71.0 Å². The van der Waals surface area contributed by atoms with Gasteiger partial charge in [0.15, 0.2) is 12.4 Å². The van der Waals surface area contributed by atoms with Crippen LogP contribution in [0, 0.1) is 13.8 Å². The number of ketones is 1. The second kappa shape index (κ2) is 14.4. The van der Waals surface area contributed by atoms with E-state index in [4.69, 9.17) is 32.7 Å². The molecule has 0 unspecified atom stereocenters. The van der Waals surface area contributed by atoms with Crippen LogP contribution >= 0.6 is 23.2 Å². The van der Waals surface area contributed by atoms with Crippen LogP contribution in [0.3, 0.4) is 0 Å². The highest BCUT2D eigenvalue weighted by Gasteiger charge is 2.35. The van der Waals surface area contributed by atoms with Gasteiger partial charge in [0.25, 0.3) is 0 Å². The van der Waals surface area contributed by atoms with Gasteiger partial charge in [-0.25, -0.2) is 4.79 Å². The number of carbonyl (C=O) groups is 5. The lowest BCUT2D eigenvalue weighted by atomic mass is 10.1. The highest BCUT2D eigenvalue weighted by molar-refractivity contribution is 6.39. The van der Waals surface area contributed by atoms with E-state index in [0.29, 0.717) is 12.2 Å². The van der Waals surface area contributed by atoms with Crippen LogP contribution in [0.4, 0.5) is 11.4 Å². The molecule has 13 heteroatoms. The van der Waals surface area contributed by atoms with E-state index in [-0.39, 0.29) is 21.5 Å². The number of halogens is 2. The summed E-state index contributed by atoms with van der Waals surface area (Å²) in [6, 6.07) is 6.25. The molecule has 0 saturated heterocycles. The molecule has 0 aliphatic carbocycles. The third-order valence-corrected chi connectivity index (χ3v) is 7.43. The number of hydrogen-bond acceptors (Lipinski definition) is 9. The first-order chi connectivity index (χ1) is 20.5. The molecule has 2 aromatic carbocycles. The number of nitrogens with one attached hydrogen (secondary N) is 2. The van der Waals surface area contributed by atoms with Crippen LogP contribution in [0.1, 0.15) is 48.7 Å². The summed E-state index contributed by atoms with van der Waals surface area (Å²) < 4.78 is 10.5. The van der Waals surface area contributed by atoms with E-state index in [1.807, 2.05) is 37.9 Å². The first kappa shape index (κ1) is 34.8. The van der Waals surface area contributed by atoms with Gasteiger partial charge in [0.2, 0.25) is 11.8 Å². The molecule has 2 atom stereocenters. The zero-order valence-electron chi connectivity index (χ0n) is 25.9. The van der Waals surface area contributed by atoms with Crippen molar-refractivity contribution >= 4 is 64.1 Å². The van der Waals surface area contributed by atoms with Crippen molar-refractivity contribution in [2.75, 3.05) is 43.6 Å². The molecule has 238 valence electrons. The van der Waals surface area contributed by atoms with Crippen LogP contribution in [0.15, 0.2) is 30.3 Å². The molecule has 2 N–H and O–H groups in total. The van der Waals surface area contributed by atoms with Crippen molar-refractivity contribution in [3.05, 3.63) is 57.1 Å². The van der Waals surface area contributed by atoms with Gasteiger partial charge in [-0.15, -0.1) is 0 Å². The number of benzene rings is 2. The molecule has 0 spiro atoms. The minimum atomic E-state index is -1.42. The van der Waals surface area contributed by atoms with E-state index in [2.05, 4.69) is 10.6 Å². The zero-order valence-corrected chi connectivity index (χ0v) is 27.4. The van der Waals surface area contributed by atoms with Gasteiger partial charge in [-0.2, -0.15) is 0 Å². The number of Topliss-reactive ketones (excluding diaryl/α,β-unsaturated/α-hetero) is 1. The molecule has 44 heavy (non-hydrogen) atoms. The number of hydrogen-bond donors (Lipinski definition) is 2. The number of ether oxygens (including phenoxy) is 2. The van der Waals surface area contributed by atoms with E-state index in [9.17, 15) is 24.0 Å². The van der Waals surface area contributed by atoms with Crippen LogP contribution in [-0.4, -0.2) is 81.0 Å². The third-order valence-electron chi connectivity index (χ3n) is 6.80. The third kappa shape index (κ3) is 8.71. The molecule has 1 aliphatic heterocycles. The van der Waals surface area contributed by atoms with Crippen LogP contribution < -0.4 is 20.4 Å². The highest BCUT2D eigenvalue weighted by atomic mass is 35.5. The Balaban J connectivity index is 1.86. The Morgan fingerprint density at radius 3 is 2.32 bits per heavy atom. The van der Waals surface area contributed by atoms with Gasteiger partial charge in [0.05, 0.1) is 33.4 Å². The van der Waals surface area contributed by atoms with Crippen LogP contribution in [0.25, 0.3) is 0 Å². The predicted molar refractivity (Wildman–Crippen MR) is 169 cm³/mol. The van der Waals surface area contributed by atoms with Crippen LogP contribution in [0.5, 0.6) is 0 Å². The molecular weight excluding hydrogens is 611 g/mol. The maximum atomic E-state index is 13.6. The average molecular weight is 650 g/mol. The molecule has 0 radical (unpaired) electrons. The van der Waals surface area contributed by atoms with Crippen molar-refractivity contribution in [3.63, 3.8) is 0 Å². The van der Waals surface area contributed by atoms with Crippen LogP contribution in [-0.2, 0) is 28.7 Å². The number of likely N-dealkylation sites (N-methyl/N-ethyl adjacent to an activating group) is 2. The molecule has 0 fully saturated rings. The Kier molecular flexibility index (Phi) is 11.4. The summed E-state index contributed by atoms with van der Waals surface area (Å²) in [6.07, 6.45) is -0.531. The van der Waals surface area contributed by atoms with Gasteiger partial charge < -0.3 is 25.0 Å². The van der Waals surface area contributed by atoms with E-state index in [1.54, 1.807) is 33.9 Å². The van der Waals surface area contributed by atoms with Crippen molar-refractivity contribution in [2.24, 2.45) is 0 Å². The van der Waals surface area contributed by atoms with E-state index < -0.39 is 60.9 Å². The molecule has 0 bridgehead atoms. The smallest absolute Gasteiger partial charge is 0.341 e. The topological polar surface area (TPSA) is 134 Å². The number of nitrogens with zero attached hydrogens (tertiary/aromatic N) is 2. The number of carbonyl (C=O) groups excluding carboxylic acids is 5. The second-order valence-corrected chi connectivity index (χ2v) is 12.5. The number of aryl methyl sites for hydroxylation is 2. The second-order valence-electron chi connectivity index (χ2n) is 11.6. The lowest BCUT2D eigenvalue weighted by molar-refractivity contribution is -0.156. The van der Waals surface area contributed by atoms with Crippen molar-refractivity contribution < 1.29 is 33.4 Å². The number of amides is 2. The van der Waals surface area contributed by atoms with Gasteiger partial charge in [0, 0.05) is 13.6 Å². The number of rotatable bonds is 10. The first-order valence-corrected chi connectivity index (χ1v) is 14.7. The Morgan fingerprint density at radius 1 is 1.09 bits per heavy atom. The fourth-order valence-corrected chi connectivity index (χ4v) is 5.43. The Labute approximate surface area is 267 Å². The van der Waals surface area contributed by atoms with Crippen molar-refractivity contribution in [1.82, 2.24) is 10.6 Å². The van der Waals surface area contributed by atoms with E-state index in [0.717, 1.165) is 16.8 Å². The summed E-state index contributed by atoms with van der Waals surface area (Å²) in [7, 11) is 3.53. The fraction of sp³-hybridized carbons (Fsp3) is 0.452. The number of anilines is 2. The molecule has 0 aromatic heterocycles. The first-order valence-electron chi connectivity index (χ1n) is 14.0. The molecular formula is C31H38Cl2N4O7. The molecule has 1 aliphatic rings. The number of esters is 2. The fourth-order valence-electron chi connectivity index (χ4n) is 4.88. The standard InChI is InChI=1S/C31H38Cl2N4O7/c1-17-11-18(2)28-23(12-17)36(7)14-22(34-6)29(41)37(28)15-25(39)35-21(13-26(40)44-31(3,4)5)24(38)16-43-30(42)27-19(32)9-8-10-20(27)33/h8-12,21-22,34H,13-16H2,1-7H3,(H,35,39)/t21-,22-/m0/s1. The Bertz CT molecular complexity index is 1440. The van der Waals surface area contributed by atoms with E-state index >= 15 is 0 Å². The van der Waals surface area contributed by atoms with Gasteiger partial charge >= 0.3 is 11.9 Å². The maximum Gasteiger partial charge on any atom is 0.341 e. The minimum absolute atomic E-state index is 0.0342. The summed E-state index contributed by atoms with van der Waals surface area (Å²) in [5, 5.41) is 5.63. The SMILES string of the molecule is CN[C@H]1CN(C)c2cc(C)cc(C)c2N(CC(=O)N[C@@H](CC(=O)OC(C)(C)C)C(=O)COC(=O)c2c(Cl)cccc2Cl)C1=O. The monoisotopic (exact) mass is 648 g/mol. The lowest BCUT2D eigenvalue weighted by Crippen LogP contribution is -2.53. The quantitative estimate of drug-likeness (QED) is 0.370. The molecule has 3 rings (SSSR count). The summed E-state index contributed by atoms with van der Waals surface area (Å²) in [5.74, 6) is -3.51. The molecule has 2 aromatic rings. The lowest BCUT2D eigenvalue weighted by Gasteiger charge is -2.28. The summed E-state index contributed by atoms with van der Waals surface area (Å²) in [4.78, 5) is 69.0. The highest BCUT2D eigenvalue weighted by Crippen LogP contribution is 2.36. The molecule has 11 nitrogen and oxygen atoms in total. The Morgan fingerprint density at radius 2 is 1.73 bits per heavy atom. The maximum absolute atomic E-state index is 13.6. The predicted octanol–water partition coefficient (Wildman–Crippen LogP) is 3.62. The normalized spacial score (nSPS) is 15.7. The summed E-state index contributed by atoms with van der Waals surface area (Å²) in [5.41, 5.74) is 2.14. The van der Waals surface area contributed by atoms with Crippen molar-refractivity contribution in [2.45, 2.75) is 58.7 Å². The molecule has 2 amide bonds.